The molecule has 1 atom stereocenters. The second-order valence-electron chi connectivity index (χ2n) is 2.68. The van der Waals surface area contributed by atoms with E-state index in [1.807, 2.05) is 0 Å². The lowest BCUT2D eigenvalue weighted by molar-refractivity contribution is -0.118. The molecule has 0 amide bonds. The van der Waals surface area contributed by atoms with Crippen LogP contribution in [0.4, 0.5) is 0 Å². The van der Waals surface area contributed by atoms with Crippen LogP contribution in [0.3, 0.4) is 0 Å². The molecule has 0 radical (unpaired) electrons. The third kappa shape index (κ3) is 2.03. The van der Waals surface area contributed by atoms with Gasteiger partial charge in [-0.1, -0.05) is 0 Å². The lowest BCUT2D eigenvalue weighted by Crippen LogP contribution is -2.20. The van der Waals surface area contributed by atoms with Gasteiger partial charge in [0.15, 0.2) is 5.78 Å². The summed E-state index contributed by atoms with van der Waals surface area (Å²) in [6.07, 6.45) is 1.58. The lowest BCUT2D eigenvalue weighted by Gasteiger charge is -2.10. The maximum Gasteiger partial charge on any atom is 0.152 e. The molecule has 1 heterocycles. The average Bonchev–Trinajstić information content (AvgIpc) is 2.16. The van der Waals surface area contributed by atoms with Gasteiger partial charge in [0.1, 0.15) is 17.5 Å². The topological polar surface area (TPSA) is 65.2 Å². The van der Waals surface area contributed by atoms with Crippen LogP contribution >= 0.6 is 0 Å². The molecule has 0 spiro atoms. The Hall–Kier alpha value is -1.42. The standard InChI is InChI=1S/C9H12N2O2/c1-6(12)8(10)9-7(13-2)4-3-5-11-9/h3-5,8H,10H2,1-2H3. The number of carbonyl (C=O) groups excluding carboxylic acids is 1. The summed E-state index contributed by atoms with van der Waals surface area (Å²) in [5.74, 6) is 0.419. The van der Waals surface area contributed by atoms with Crippen molar-refractivity contribution in [3.05, 3.63) is 24.0 Å². The van der Waals surface area contributed by atoms with E-state index in [1.165, 1.54) is 14.0 Å². The third-order valence-corrected chi connectivity index (χ3v) is 1.75. The van der Waals surface area contributed by atoms with Crippen LogP contribution in [0.5, 0.6) is 5.75 Å². The van der Waals surface area contributed by atoms with Crippen LogP contribution in [0.2, 0.25) is 0 Å². The predicted molar refractivity (Wildman–Crippen MR) is 48.4 cm³/mol. The minimum atomic E-state index is -0.698. The highest BCUT2D eigenvalue weighted by Gasteiger charge is 2.16. The second kappa shape index (κ2) is 4.00. The number of Topliss-reactive ketones (excluding diaryl/α,β-unsaturated/α-hetero) is 1. The summed E-state index contributed by atoms with van der Waals surface area (Å²) in [7, 11) is 1.52. The fourth-order valence-electron chi connectivity index (χ4n) is 1.00. The highest BCUT2D eigenvalue weighted by molar-refractivity contribution is 5.82. The van der Waals surface area contributed by atoms with Crippen LogP contribution in [0.25, 0.3) is 0 Å². The molecule has 1 unspecified atom stereocenters. The van der Waals surface area contributed by atoms with Gasteiger partial charge in [-0.3, -0.25) is 9.78 Å². The number of nitrogens with two attached hydrogens (primary N) is 1. The minimum Gasteiger partial charge on any atom is -0.495 e. The maximum atomic E-state index is 11.0. The zero-order valence-electron chi connectivity index (χ0n) is 7.65. The van der Waals surface area contributed by atoms with Crippen molar-refractivity contribution in [2.75, 3.05) is 7.11 Å². The summed E-state index contributed by atoms with van der Waals surface area (Å²) in [5.41, 5.74) is 6.11. The van der Waals surface area contributed by atoms with Crippen molar-refractivity contribution in [1.82, 2.24) is 4.98 Å². The first-order valence-corrected chi connectivity index (χ1v) is 3.91. The average molecular weight is 180 g/mol. The van der Waals surface area contributed by atoms with Crippen LogP contribution in [0.1, 0.15) is 18.7 Å². The molecule has 0 aliphatic carbocycles. The summed E-state index contributed by atoms with van der Waals surface area (Å²) in [5, 5.41) is 0. The van der Waals surface area contributed by atoms with Crippen LogP contribution in [-0.4, -0.2) is 17.9 Å². The van der Waals surface area contributed by atoms with Gasteiger partial charge in [0.05, 0.1) is 7.11 Å². The predicted octanol–water partition coefficient (Wildman–Crippen LogP) is 0.679. The van der Waals surface area contributed by atoms with E-state index < -0.39 is 6.04 Å². The van der Waals surface area contributed by atoms with Gasteiger partial charge in [-0.05, 0) is 19.1 Å². The first kappa shape index (κ1) is 9.67. The highest BCUT2D eigenvalue weighted by Crippen LogP contribution is 2.20. The summed E-state index contributed by atoms with van der Waals surface area (Å²) in [6, 6.07) is 2.76. The van der Waals surface area contributed by atoms with E-state index in [-0.39, 0.29) is 5.78 Å². The SMILES string of the molecule is COc1cccnc1C(N)C(C)=O. The van der Waals surface area contributed by atoms with E-state index in [4.69, 9.17) is 10.5 Å². The molecule has 0 saturated carbocycles. The van der Waals surface area contributed by atoms with E-state index in [1.54, 1.807) is 18.3 Å². The molecular weight excluding hydrogens is 168 g/mol. The first-order chi connectivity index (χ1) is 6.16. The molecule has 2 N–H and O–H groups in total. The van der Waals surface area contributed by atoms with E-state index in [9.17, 15) is 4.79 Å². The largest absolute Gasteiger partial charge is 0.495 e. The van der Waals surface area contributed by atoms with Crippen LogP contribution < -0.4 is 10.5 Å². The summed E-state index contributed by atoms with van der Waals surface area (Å²) < 4.78 is 5.02. The van der Waals surface area contributed by atoms with Gasteiger partial charge >= 0.3 is 0 Å². The zero-order chi connectivity index (χ0) is 9.84. The Morgan fingerprint density at radius 2 is 2.38 bits per heavy atom. The van der Waals surface area contributed by atoms with Gasteiger partial charge < -0.3 is 10.5 Å². The number of carbonyl (C=O) groups is 1. The number of aromatic nitrogens is 1. The monoisotopic (exact) mass is 180 g/mol. The van der Waals surface area contributed by atoms with Gasteiger partial charge in [-0.25, -0.2) is 0 Å². The molecule has 0 aliphatic heterocycles. The zero-order valence-corrected chi connectivity index (χ0v) is 7.65. The van der Waals surface area contributed by atoms with Crippen molar-refractivity contribution in [2.45, 2.75) is 13.0 Å². The Kier molecular flexibility index (Phi) is 2.97. The second-order valence-corrected chi connectivity index (χ2v) is 2.68. The Morgan fingerprint density at radius 3 is 2.92 bits per heavy atom. The molecule has 4 heteroatoms. The van der Waals surface area contributed by atoms with E-state index in [2.05, 4.69) is 4.98 Å². The molecular formula is C9H12N2O2. The van der Waals surface area contributed by atoms with Gasteiger partial charge in [0, 0.05) is 6.20 Å². The number of ether oxygens (including phenoxy) is 1. The fraction of sp³-hybridized carbons (Fsp3) is 0.333. The molecule has 4 nitrogen and oxygen atoms in total. The van der Waals surface area contributed by atoms with E-state index >= 15 is 0 Å². The molecule has 0 aromatic carbocycles. The van der Waals surface area contributed by atoms with Crippen LogP contribution in [0.15, 0.2) is 18.3 Å². The lowest BCUT2D eigenvalue weighted by atomic mass is 10.1. The number of methoxy groups -OCH3 is 1. The number of nitrogens with zero attached hydrogens (tertiary/aromatic N) is 1. The summed E-state index contributed by atoms with van der Waals surface area (Å²) >= 11 is 0. The number of rotatable bonds is 3. The minimum absolute atomic E-state index is 0.128. The van der Waals surface area contributed by atoms with Crippen molar-refractivity contribution < 1.29 is 9.53 Å². The van der Waals surface area contributed by atoms with Gasteiger partial charge in [0.2, 0.25) is 0 Å². The fourth-order valence-corrected chi connectivity index (χ4v) is 1.00. The normalized spacial score (nSPS) is 12.2. The Morgan fingerprint density at radius 1 is 1.69 bits per heavy atom. The van der Waals surface area contributed by atoms with Gasteiger partial charge in [-0.15, -0.1) is 0 Å². The van der Waals surface area contributed by atoms with Gasteiger partial charge in [0.25, 0.3) is 0 Å². The summed E-state index contributed by atoms with van der Waals surface area (Å²) in [4.78, 5) is 15.0. The molecule has 0 fully saturated rings. The summed E-state index contributed by atoms with van der Waals surface area (Å²) in [6.45, 7) is 1.43. The molecule has 1 rings (SSSR count). The first-order valence-electron chi connectivity index (χ1n) is 3.91. The van der Waals surface area contributed by atoms with Crippen LogP contribution in [0, 0.1) is 0 Å². The Balaban J connectivity index is 3.05. The molecule has 0 aliphatic rings. The highest BCUT2D eigenvalue weighted by atomic mass is 16.5. The molecule has 1 aromatic rings. The van der Waals surface area contributed by atoms with Crippen LogP contribution in [-0.2, 0) is 4.79 Å². The smallest absolute Gasteiger partial charge is 0.152 e. The number of hydrogen-bond donors (Lipinski definition) is 1. The number of hydrogen-bond acceptors (Lipinski definition) is 4. The molecule has 0 saturated heterocycles. The number of pyridine rings is 1. The Bertz CT molecular complexity index is 312. The van der Waals surface area contributed by atoms with E-state index in [0.29, 0.717) is 11.4 Å². The molecule has 1 aromatic heterocycles. The molecule has 70 valence electrons. The van der Waals surface area contributed by atoms with Crippen molar-refractivity contribution in [2.24, 2.45) is 5.73 Å². The van der Waals surface area contributed by atoms with Crippen molar-refractivity contribution in [1.29, 1.82) is 0 Å². The Labute approximate surface area is 76.7 Å². The van der Waals surface area contributed by atoms with Crippen molar-refractivity contribution >= 4 is 5.78 Å². The third-order valence-electron chi connectivity index (χ3n) is 1.75. The quantitative estimate of drug-likeness (QED) is 0.742. The van der Waals surface area contributed by atoms with Crippen molar-refractivity contribution in [3.63, 3.8) is 0 Å². The molecule has 13 heavy (non-hydrogen) atoms. The number of ketones is 1. The van der Waals surface area contributed by atoms with Gasteiger partial charge in [-0.2, -0.15) is 0 Å². The van der Waals surface area contributed by atoms with Crippen molar-refractivity contribution in [3.8, 4) is 5.75 Å². The maximum absolute atomic E-state index is 11.0. The molecule has 0 bridgehead atoms. The van der Waals surface area contributed by atoms with E-state index in [0.717, 1.165) is 0 Å².